The van der Waals surface area contributed by atoms with Crippen LogP contribution in [0, 0.1) is 18.8 Å². The van der Waals surface area contributed by atoms with Gasteiger partial charge in [0.25, 0.3) is 5.91 Å². The standard InChI is InChI=1S/C22H24N2O7/c1-8-4-5-12(25)14-10(8)6-9-7-11-16(24(2)3)18(27)15(21(23)30)20(29)22(11,31)19(28)13(9)17(14)26/h4-5,9,11,16,25,27-28,31H,6-7H2,1-3H3,(H2,23,30). The SMILES string of the molecule is Cc1ccc(O)c2c1CC1CC3C(N(C)C)C(O)=C(C(N)=O)C(=O)C3(O)C(O)=C1C2=O. The van der Waals surface area contributed by atoms with Gasteiger partial charge in [-0.05, 0) is 57.0 Å². The molecule has 1 amide bonds. The van der Waals surface area contributed by atoms with Crippen molar-refractivity contribution in [3.05, 3.63) is 51.5 Å². The number of hydrogen-bond donors (Lipinski definition) is 5. The Labute approximate surface area is 178 Å². The lowest BCUT2D eigenvalue weighted by Crippen LogP contribution is -2.63. The molecule has 0 fully saturated rings. The summed E-state index contributed by atoms with van der Waals surface area (Å²) < 4.78 is 0. The van der Waals surface area contributed by atoms with E-state index in [9.17, 15) is 34.8 Å². The van der Waals surface area contributed by atoms with Crippen molar-refractivity contribution in [3.8, 4) is 5.75 Å². The van der Waals surface area contributed by atoms with E-state index in [2.05, 4.69) is 0 Å². The summed E-state index contributed by atoms with van der Waals surface area (Å²) in [5.74, 6) is -6.41. The molecule has 0 heterocycles. The van der Waals surface area contributed by atoms with Crippen molar-refractivity contribution >= 4 is 17.5 Å². The molecular weight excluding hydrogens is 404 g/mol. The number of ketones is 2. The largest absolute Gasteiger partial charge is 0.510 e. The molecule has 164 valence electrons. The molecule has 1 aromatic rings. The summed E-state index contributed by atoms with van der Waals surface area (Å²) in [4.78, 5) is 39.8. The van der Waals surface area contributed by atoms with Crippen LogP contribution in [0.2, 0.25) is 0 Å². The van der Waals surface area contributed by atoms with Crippen LogP contribution in [0.4, 0.5) is 0 Å². The molecule has 1 aromatic carbocycles. The van der Waals surface area contributed by atoms with Crippen LogP contribution in [0.15, 0.2) is 34.8 Å². The fourth-order valence-corrected chi connectivity index (χ4v) is 5.41. The minimum absolute atomic E-state index is 0.0285. The molecule has 0 spiro atoms. The number of hydrogen-bond acceptors (Lipinski definition) is 8. The van der Waals surface area contributed by atoms with E-state index >= 15 is 0 Å². The Morgan fingerprint density at radius 2 is 1.84 bits per heavy atom. The molecule has 9 nitrogen and oxygen atoms in total. The van der Waals surface area contributed by atoms with Gasteiger partial charge in [-0.3, -0.25) is 19.3 Å². The number of phenols is 1. The number of amides is 1. The smallest absolute Gasteiger partial charge is 0.255 e. The van der Waals surface area contributed by atoms with E-state index in [-0.39, 0.29) is 23.3 Å². The van der Waals surface area contributed by atoms with Gasteiger partial charge in [0.15, 0.2) is 11.4 Å². The minimum Gasteiger partial charge on any atom is -0.510 e. The summed E-state index contributed by atoms with van der Waals surface area (Å²) in [6, 6.07) is 2.08. The fourth-order valence-electron chi connectivity index (χ4n) is 5.41. The summed E-state index contributed by atoms with van der Waals surface area (Å²) in [7, 11) is 3.19. The molecule has 9 heteroatoms. The quantitative estimate of drug-likeness (QED) is 0.424. The first kappa shape index (κ1) is 21.1. The van der Waals surface area contributed by atoms with Crippen molar-refractivity contribution in [3.63, 3.8) is 0 Å². The predicted molar refractivity (Wildman–Crippen MR) is 108 cm³/mol. The predicted octanol–water partition coefficient (Wildman–Crippen LogP) is 0.429. The maximum absolute atomic E-state index is 13.3. The normalized spacial score (nSPS) is 30.3. The van der Waals surface area contributed by atoms with E-state index in [4.69, 9.17) is 5.73 Å². The summed E-state index contributed by atoms with van der Waals surface area (Å²) in [5, 5.41) is 43.5. The monoisotopic (exact) mass is 428 g/mol. The number of aliphatic hydroxyl groups excluding tert-OH is 2. The number of phenolic OH excluding ortho intramolecular Hbond substituents is 1. The second-order valence-corrected chi connectivity index (χ2v) is 8.72. The number of carbonyl (C=O) groups excluding carboxylic acids is 3. The minimum atomic E-state index is -2.61. The van der Waals surface area contributed by atoms with Crippen LogP contribution >= 0.6 is 0 Å². The van der Waals surface area contributed by atoms with Gasteiger partial charge in [0, 0.05) is 11.5 Å². The molecule has 4 rings (SSSR count). The molecule has 0 bridgehead atoms. The number of carbonyl (C=O) groups is 3. The number of aromatic hydroxyl groups is 1. The van der Waals surface area contributed by atoms with Crippen LogP contribution in [0.5, 0.6) is 5.75 Å². The Morgan fingerprint density at radius 1 is 1.19 bits per heavy atom. The van der Waals surface area contributed by atoms with Crippen molar-refractivity contribution in [2.45, 2.75) is 31.4 Å². The lowest BCUT2D eigenvalue weighted by Gasteiger charge is -2.50. The molecule has 3 aliphatic carbocycles. The van der Waals surface area contributed by atoms with Crippen molar-refractivity contribution in [1.82, 2.24) is 4.90 Å². The molecule has 31 heavy (non-hydrogen) atoms. The van der Waals surface area contributed by atoms with Gasteiger partial charge in [-0.25, -0.2) is 0 Å². The second kappa shape index (κ2) is 6.66. The zero-order valence-electron chi connectivity index (χ0n) is 17.3. The van der Waals surface area contributed by atoms with Crippen molar-refractivity contribution in [2.75, 3.05) is 14.1 Å². The molecule has 3 aliphatic rings. The van der Waals surface area contributed by atoms with Crippen molar-refractivity contribution in [2.24, 2.45) is 17.6 Å². The zero-order chi connectivity index (χ0) is 23.0. The number of allylic oxidation sites excluding steroid dienone is 1. The summed E-state index contributed by atoms with van der Waals surface area (Å²) in [6.45, 7) is 1.81. The number of Topliss-reactive ketones (excluding diaryl/α,β-unsaturated/α-hetero) is 2. The number of aliphatic hydroxyl groups is 3. The molecule has 0 saturated heterocycles. The molecule has 0 radical (unpaired) electrons. The van der Waals surface area contributed by atoms with Crippen LogP contribution in [0.25, 0.3) is 0 Å². The number of benzene rings is 1. The molecule has 4 atom stereocenters. The maximum Gasteiger partial charge on any atom is 0.255 e. The lowest BCUT2D eigenvalue weighted by molar-refractivity contribution is -0.148. The second-order valence-electron chi connectivity index (χ2n) is 8.72. The van der Waals surface area contributed by atoms with Gasteiger partial charge in [-0.15, -0.1) is 0 Å². The fraction of sp³-hybridized carbons (Fsp3) is 0.409. The van der Waals surface area contributed by atoms with E-state index in [1.807, 2.05) is 0 Å². The van der Waals surface area contributed by atoms with Crippen molar-refractivity contribution in [1.29, 1.82) is 0 Å². The third-order valence-electron chi connectivity index (χ3n) is 6.84. The van der Waals surface area contributed by atoms with Gasteiger partial charge in [0.1, 0.15) is 22.8 Å². The van der Waals surface area contributed by atoms with E-state index < -0.39 is 58.0 Å². The topological polar surface area (TPSA) is 161 Å². The summed E-state index contributed by atoms with van der Waals surface area (Å²) >= 11 is 0. The van der Waals surface area contributed by atoms with Gasteiger partial charge >= 0.3 is 0 Å². The zero-order valence-corrected chi connectivity index (χ0v) is 17.3. The van der Waals surface area contributed by atoms with E-state index in [0.29, 0.717) is 12.0 Å². The number of aryl methyl sites for hydroxylation is 1. The molecular formula is C22H24N2O7. The number of primary amides is 1. The van der Waals surface area contributed by atoms with Crippen LogP contribution < -0.4 is 5.73 Å². The lowest BCUT2D eigenvalue weighted by atomic mass is 9.58. The molecule has 6 N–H and O–H groups in total. The van der Waals surface area contributed by atoms with Gasteiger partial charge in [0.2, 0.25) is 5.78 Å². The van der Waals surface area contributed by atoms with Crippen molar-refractivity contribution < 1.29 is 34.8 Å². The van der Waals surface area contributed by atoms with E-state index in [0.717, 1.165) is 5.56 Å². The first-order valence-electron chi connectivity index (χ1n) is 9.89. The Hall–Kier alpha value is -3.17. The van der Waals surface area contributed by atoms with Crippen LogP contribution in [0.1, 0.15) is 27.9 Å². The number of likely N-dealkylation sites (N-methyl/N-ethyl adjacent to an activating group) is 1. The summed E-state index contributed by atoms with van der Waals surface area (Å²) in [6.07, 6.45) is 0.385. The molecule has 0 aromatic heterocycles. The highest BCUT2D eigenvalue weighted by molar-refractivity contribution is 6.24. The Kier molecular flexibility index (Phi) is 4.53. The first-order valence-corrected chi connectivity index (χ1v) is 9.89. The highest BCUT2D eigenvalue weighted by Crippen LogP contribution is 2.52. The number of fused-ring (bicyclic) bond motifs is 3. The van der Waals surface area contributed by atoms with Crippen LogP contribution in [-0.2, 0) is 16.0 Å². The Balaban J connectivity index is 1.98. The van der Waals surface area contributed by atoms with E-state index in [1.165, 1.54) is 11.0 Å². The molecule has 4 unspecified atom stereocenters. The van der Waals surface area contributed by atoms with Gasteiger partial charge < -0.3 is 26.2 Å². The number of nitrogens with two attached hydrogens (primary N) is 1. The first-order chi connectivity index (χ1) is 14.4. The van der Waals surface area contributed by atoms with Gasteiger partial charge in [0.05, 0.1) is 11.6 Å². The average Bonchev–Trinajstić information content (AvgIpc) is 2.67. The third-order valence-corrected chi connectivity index (χ3v) is 6.84. The third kappa shape index (κ3) is 2.60. The van der Waals surface area contributed by atoms with E-state index in [1.54, 1.807) is 27.1 Å². The number of rotatable bonds is 2. The summed E-state index contributed by atoms with van der Waals surface area (Å²) in [5.41, 5.74) is 3.18. The highest BCUT2D eigenvalue weighted by atomic mass is 16.3. The van der Waals surface area contributed by atoms with Gasteiger partial charge in [-0.1, -0.05) is 6.07 Å². The van der Waals surface area contributed by atoms with Crippen LogP contribution in [0.3, 0.4) is 0 Å². The van der Waals surface area contributed by atoms with Gasteiger partial charge in [-0.2, -0.15) is 0 Å². The Bertz CT molecular complexity index is 1120. The molecule has 0 aliphatic heterocycles. The number of nitrogens with zero attached hydrogens (tertiary/aromatic N) is 1. The Morgan fingerprint density at radius 3 is 2.42 bits per heavy atom. The maximum atomic E-state index is 13.3. The molecule has 0 saturated carbocycles. The van der Waals surface area contributed by atoms with Crippen LogP contribution in [-0.4, -0.2) is 68.5 Å². The highest BCUT2D eigenvalue weighted by Gasteiger charge is 2.63. The average molecular weight is 428 g/mol.